The molecule has 0 aliphatic rings. The van der Waals surface area contributed by atoms with Crippen LogP contribution in [0.3, 0.4) is 0 Å². The van der Waals surface area contributed by atoms with Gasteiger partial charge in [-0.15, -0.1) is 0 Å². The van der Waals surface area contributed by atoms with Gasteiger partial charge in [-0.05, 0) is 12.1 Å². The molecule has 1 radical (unpaired) electrons. The Hall–Kier alpha value is -1.71. The molecule has 1 aromatic carbocycles. The van der Waals surface area contributed by atoms with Crippen molar-refractivity contribution in [1.82, 2.24) is 5.73 Å². The van der Waals surface area contributed by atoms with Gasteiger partial charge in [0, 0.05) is 11.6 Å². The zero-order valence-corrected chi connectivity index (χ0v) is 7.46. The highest BCUT2D eigenvalue weighted by atomic mass is 16.5. The summed E-state index contributed by atoms with van der Waals surface area (Å²) in [4.78, 5) is 10.7. The Morgan fingerprint density at radius 3 is 1.92 bits per heavy atom. The molecular weight excluding hydrogens is 170 g/mol. The third-order valence-electron chi connectivity index (χ3n) is 1.61. The number of hydrogen-bond donors (Lipinski definition) is 0. The van der Waals surface area contributed by atoms with Gasteiger partial charge in [0.2, 0.25) is 0 Å². The lowest BCUT2D eigenvalue weighted by atomic mass is 10.2. The molecule has 13 heavy (non-hydrogen) atoms. The Balaban J connectivity index is 3.14. The standard InChI is InChI=1S/C9H10NO3/c1-12-7-3-6(9(10)11)4-8(5-7)13-2/h3-5,10H,1-2H3. The number of rotatable bonds is 3. The maximum atomic E-state index is 10.7. The molecule has 1 N–H and O–H groups in total. The topological polar surface area (TPSA) is 59.3 Å². The molecule has 0 saturated carbocycles. The van der Waals surface area contributed by atoms with Crippen LogP contribution in [0.2, 0.25) is 0 Å². The minimum absolute atomic E-state index is 0.260. The Kier molecular flexibility index (Phi) is 2.74. The summed E-state index contributed by atoms with van der Waals surface area (Å²) in [6.07, 6.45) is 0. The minimum atomic E-state index is -0.753. The summed E-state index contributed by atoms with van der Waals surface area (Å²) in [5.41, 5.74) is 7.17. The fourth-order valence-corrected chi connectivity index (χ4v) is 0.939. The monoisotopic (exact) mass is 180 g/mol. The molecule has 0 bridgehead atoms. The molecule has 0 unspecified atom stereocenters. The second kappa shape index (κ2) is 3.80. The van der Waals surface area contributed by atoms with Crippen LogP contribution in [0.4, 0.5) is 0 Å². The van der Waals surface area contributed by atoms with Crippen molar-refractivity contribution in [2.45, 2.75) is 0 Å². The number of amides is 1. The van der Waals surface area contributed by atoms with Crippen LogP contribution >= 0.6 is 0 Å². The number of methoxy groups -OCH3 is 2. The molecule has 0 heterocycles. The number of ether oxygens (including phenoxy) is 2. The van der Waals surface area contributed by atoms with E-state index in [1.165, 1.54) is 26.4 Å². The van der Waals surface area contributed by atoms with E-state index in [0.717, 1.165) is 0 Å². The first kappa shape index (κ1) is 9.38. The Labute approximate surface area is 76.3 Å². The average molecular weight is 180 g/mol. The van der Waals surface area contributed by atoms with Crippen LogP contribution in [0.25, 0.3) is 0 Å². The number of carbonyl (C=O) groups excluding carboxylic acids is 1. The van der Waals surface area contributed by atoms with Gasteiger partial charge in [-0.1, -0.05) is 0 Å². The summed E-state index contributed by atoms with van der Waals surface area (Å²) in [6.45, 7) is 0. The predicted molar refractivity (Wildman–Crippen MR) is 47.0 cm³/mol. The lowest BCUT2D eigenvalue weighted by molar-refractivity contribution is 0.0991. The Bertz CT molecular complexity index is 300. The van der Waals surface area contributed by atoms with E-state index >= 15 is 0 Å². The van der Waals surface area contributed by atoms with Crippen molar-refractivity contribution >= 4 is 5.91 Å². The summed E-state index contributed by atoms with van der Waals surface area (Å²) in [6, 6.07) is 4.64. The van der Waals surface area contributed by atoms with E-state index < -0.39 is 5.91 Å². The summed E-state index contributed by atoms with van der Waals surface area (Å²) < 4.78 is 9.86. The van der Waals surface area contributed by atoms with Crippen molar-refractivity contribution < 1.29 is 14.3 Å². The van der Waals surface area contributed by atoms with Crippen molar-refractivity contribution in [2.24, 2.45) is 0 Å². The number of carbonyl (C=O) groups is 1. The van der Waals surface area contributed by atoms with Gasteiger partial charge in [-0.25, -0.2) is 0 Å². The number of hydrogen-bond acceptors (Lipinski definition) is 3. The molecule has 69 valence electrons. The molecule has 4 heteroatoms. The third kappa shape index (κ3) is 2.11. The first-order chi connectivity index (χ1) is 6.17. The van der Waals surface area contributed by atoms with Crippen LogP contribution in [-0.4, -0.2) is 20.1 Å². The van der Waals surface area contributed by atoms with Gasteiger partial charge in [0.15, 0.2) is 0 Å². The van der Waals surface area contributed by atoms with Gasteiger partial charge < -0.3 is 9.47 Å². The summed E-state index contributed by atoms with van der Waals surface area (Å²) in [5.74, 6) is 0.266. The molecule has 1 rings (SSSR count). The molecule has 0 aromatic heterocycles. The lowest BCUT2D eigenvalue weighted by Gasteiger charge is -2.05. The van der Waals surface area contributed by atoms with Gasteiger partial charge in [0.25, 0.3) is 5.91 Å². The lowest BCUT2D eigenvalue weighted by Crippen LogP contribution is -2.00. The number of nitrogens with one attached hydrogen (secondary N) is 1. The maximum absolute atomic E-state index is 10.7. The zero-order chi connectivity index (χ0) is 9.84. The number of benzene rings is 1. The molecule has 4 nitrogen and oxygen atoms in total. The van der Waals surface area contributed by atoms with Crippen molar-refractivity contribution in [1.29, 1.82) is 0 Å². The normalized spacial score (nSPS) is 9.38. The Morgan fingerprint density at radius 2 is 1.62 bits per heavy atom. The molecule has 0 saturated heterocycles. The minimum Gasteiger partial charge on any atom is -0.497 e. The van der Waals surface area contributed by atoms with Crippen LogP contribution in [0.5, 0.6) is 11.5 Å². The van der Waals surface area contributed by atoms with E-state index in [2.05, 4.69) is 0 Å². The Morgan fingerprint density at radius 1 is 1.15 bits per heavy atom. The van der Waals surface area contributed by atoms with Gasteiger partial charge in [-0.3, -0.25) is 10.5 Å². The molecule has 0 spiro atoms. The van der Waals surface area contributed by atoms with Crippen molar-refractivity contribution in [3.8, 4) is 11.5 Å². The van der Waals surface area contributed by atoms with Crippen molar-refractivity contribution in [3.05, 3.63) is 23.8 Å². The average Bonchev–Trinajstić information content (AvgIpc) is 2.16. The quantitative estimate of drug-likeness (QED) is 0.700. The summed E-state index contributed by atoms with van der Waals surface area (Å²) in [7, 11) is 2.99. The van der Waals surface area contributed by atoms with Crippen LogP contribution < -0.4 is 15.2 Å². The van der Waals surface area contributed by atoms with Crippen LogP contribution in [0.15, 0.2) is 18.2 Å². The fourth-order valence-electron chi connectivity index (χ4n) is 0.939. The van der Waals surface area contributed by atoms with Crippen LogP contribution in [0.1, 0.15) is 10.4 Å². The van der Waals surface area contributed by atoms with E-state index in [9.17, 15) is 4.79 Å². The first-order valence-electron chi connectivity index (χ1n) is 3.66. The van der Waals surface area contributed by atoms with Crippen molar-refractivity contribution in [3.63, 3.8) is 0 Å². The molecule has 0 aliphatic carbocycles. The molecule has 0 atom stereocenters. The maximum Gasteiger partial charge on any atom is 0.269 e. The molecular formula is C9H10NO3. The second-order valence-electron chi connectivity index (χ2n) is 2.43. The SMILES string of the molecule is COc1cc(OC)cc(C([NH])=O)c1. The van der Waals surface area contributed by atoms with E-state index in [-0.39, 0.29) is 5.56 Å². The highest BCUT2D eigenvalue weighted by molar-refractivity contribution is 5.93. The van der Waals surface area contributed by atoms with E-state index in [1.54, 1.807) is 6.07 Å². The molecule has 1 amide bonds. The molecule has 0 fully saturated rings. The summed E-state index contributed by atoms with van der Waals surface area (Å²) >= 11 is 0. The third-order valence-corrected chi connectivity index (χ3v) is 1.61. The van der Waals surface area contributed by atoms with E-state index in [4.69, 9.17) is 15.2 Å². The summed E-state index contributed by atoms with van der Waals surface area (Å²) in [5, 5.41) is 0. The fraction of sp³-hybridized carbons (Fsp3) is 0.222. The van der Waals surface area contributed by atoms with Gasteiger partial charge in [0.05, 0.1) is 14.2 Å². The largest absolute Gasteiger partial charge is 0.497 e. The van der Waals surface area contributed by atoms with Crippen LogP contribution in [0, 0.1) is 0 Å². The van der Waals surface area contributed by atoms with E-state index in [0.29, 0.717) is 11.5 Å². The van der Waals surface area contributed by atoms with Gasteiger partial charge >= 0.3 is 0 Å². The van der Waals surface area contributed by atoms with Crippen molar-refractivity contribution in [2.75, 3.05) is 14.2 Å². The predicted octanol–water partition coefficient (Wildman–Crippen LogP) is 1.13. The second-order valence-corrected chi connectivity index (χ2v) is 2.43. The highest BCUT2D eigenvalue weighted by Gasteiger charge is 2.06. The van der Waals surface area contributed by atoms with Crippen LogP contribution in [-0.2, 0) is 0 Å². The van der Waals surface area contributed by atoms with E-state index in [1.807, 2.05) is 0 Å². The smallest absolute Gasteiger partial charge is 0.269 e. The first-order valence-corrected chi connectivity index (χ1v) is 3.66. The molecule has 1 aromatic rings. The highest BCUT2D eigenvalue weighted by Crippen LogP contribution is 2.22. The molecule has 0 aliphatic heterocycles. The zero-order valence-electron chi connectivity index (χ0n) is 7.46. The van der Waals surface area contributed by atoms with Gasteiger partial charge in [-0.2, -0.15) is 0 Å². The van der Waals surface area contributed by atoms with Gasteiger partial charge in [0.1, 0.15) is 11.5 Å².